The van der Waals surface area contributed by atoms with Gasteiger partial charge in [0.05, 0.1) is 13.1 Å². The number of fused-ring (bicyclic) bond motifs is 1. The molecule has 0 saturated heterocycles. The summed E-state index contributed by atoms with van der Waals surface area (Å²) in [5.74, 6) is -0.114. The molecule has 1 aromatic heterocycles. The Bertz CT molecular complexity index is 500. The smallest absolute Gasteiger partial charge is 0.277 e. The van der Waals surface area contributed by atoms with Crippen LogP contribution in [0.15, 0.2) is 11.4 Å². The summed E-state index contributed by atoms with van der Waals surface area (Å²) in [6.45, 7) is 3.73. The molecule has 5 nitrogen and oxygen atoms in total. The lowest BCUT2D eigenvalue weighted by Gasteiger charge is -2.31. The second-order valence-electron chi connectivity index (χ2n) is 5.28. The molecule has 0 aromatic carbocycles. The monoisotopic (exact) mass is 296 g/mol. The van der Waals surface area contributed by atoms with Gasteiger partial charge in [-0.1, -0.05) is 0 Å². The Morgan fingerprint density at radius 3 is 3.00 bits per heavy atom. The van der Waals surface area contributed by atoms with Crippen LogP contribution in [0.4, 0.5) is 0 Å². The van der Waals surface area contributed by atoms with Crippen LogP contribution in [-0.2, 0) is 16.0 Å². The molecule has 1 aliphatic heterocycles. The van der Waals surface area contributed by atoms with E-state index in [1.165, 1.54) is 20.2 Å². The summed E-state index contributed by atoms with van der Waals surface area (Å²) in [6.07, 6.45) is 1.04. The zero-order valence-electron chi connectivity index (χ0n) is 12.2. The Labute approximate surface area is 123 Å². The second-order valence-corrected chi connectivity index (χ2v) is 6.28. The van der Waals surface area contributed by atoms with Crippen molar-refractivity contribution in [2.75, 3.05) is 33.7 Å². The van der Waals surface area contributed by atoms with Crippen molar-refractivity contribution in [2.24, 2.45) is 0 Å². The van der Waals surface area contributed by atoms with Crippen LogP contribution in [0.3, 0.4) is 0 Å². The first-order chi connectivity index (χ1) is 9.52. The third-order valence-electron chi connectivity index (χ3n) is 4.00. The number of carbonyl (C=O) groups excluding carboxylic acids is 2. The van der Waals surface area contributed by atoms with Gasteiger partial charge in [0.1, 0.15) is 6.04 Å². The number of hydrogen-bond acceptors (Lipinski definition) is 3. The summed E-state index contributed by atoms with van der Waals surface area (Å²) in [5.41, 5.74) is 1.37. The maximum absolute atomic E-state index is 12.2. The lowest BCUT2D eigenvalue weighted by atomic mass is 10.0. The van der Waals surface area contributed by atoms with Gasteiger partial charge in [-0.25, -0.2) is 0 Å². The molecule has 0 spiro atoms. The Balaban J connectivity index is 1.94. The van der Waals surface area contributed by atoms with Gasteiger partial charge in [0.25, 0.3) is 5.91 Å². The molecule has 1 unspecified atom stereocenters. The van der Waals surface area contributed by atoms with Gasteiger partial charge in [-0.2, -0.15) is 0 Å². The van der Waals surface area contributed by atoms with E-state index in [1.54, 1.807) is 25.4 Å². The number of likely N-dealkylation sites (N-methyl/N-ethyl adjacent to an activating group) is 2. The fourth-order valence-corrected chi connectivity index (χ4v) is 3.58. The minimum Gasteiger partial charge on any atom is -0.358 e. The molecule has 0 saturated carbocycles. The highest BCUT2D eigenvalue weighted by Gasteiger charge is 2.30. The number of nitrogens with zero attached hydrogens (tertiary/aromatic N) is 1. The molecule has 0 radical (unpaired) electrons. The van der Waals surface area contributed by atoms with E-state index < -0.39 is 0 Å². The summed E-state index contributed by atoms with van der Waals surface area (Å²) >= 11 is 1.81. The van der Waals surface area contributed by atoms with E-state index in [9.17, 15) is 9.59 Å². The number of thiophene rings is 1. The van der Waals surface area contributed by atoms with Gasteiger partial charge in [0.15, 0.2) is 6.54 Å². The van der Waals surface area contributed by atoms with Crippen LogP contribution < -0.4 is 10.2 Å². The van der Waals surface area contributed by atoms with E-state index in [2.05, 4.69) is 23.7 Å². The third kappa shape index (κ3) is 3.19. The molecule has 110 valence electrons. The van der Waals surface area contributed by atoms with E-state index in [0.717, 1.165) is 13.0 Å². The minimum atomic E-state index is -0.136. The topological polar surface area (TPSA) is 53.9 Å². The molecule has 1 aliphatic rings. The van der Waals surface area contributed by atoms with Crippen LogP contribution in [-0.4, -0.2) is 50.4 Å². The molecule has 2 amide bonds. The highest BCUT2D eigenvalue weighted by Crippen LogP contribution is 2.24. The molecule has 2 atom stereocenters. The van der Waals surface area contributed by atoms with Crippen LogP contribution in [0, 0.1) is 0 Å². The molecule has 2 rings (SSSR count). The third-order valence-corrected chi connectivity index (χ3v) is 4.99. The van der Waals surface area contributed by atoms with Crippen molar-refractivity contribution in [3.8, 4) is 0 Å². The molecule has 20 heavy (non-hydrogen) atoms. The first kappa shape index (κ1) is 15.0. The fraction of sp³-hybridized carbons (Fsp3) is 0.571. The second kappa shape index (κ2) is 6.37. The summed E-state index contributed by atoms with van der Waals surface area (Å²) < 4.78 is 0. The van der Waals surface area contributed by atoms with E-state index in [4.69, 9.17) is 0 Å². The van der Waals surface area contributed by atoms with Gasteiger partial charge in [-0.05, 0) is 18.4 Å². The first-order valence-corrected chi connectivity index (χ1v) is 7.76. The van der Waals surface area contributed by atoms with Crippen LogP contribution in [0.5, 0.6) is 0 Å². The van der Waals surface area contributed by atoms with Gasteiger partial charge in [0, 0.05) is 31.0 Å². The van der Waals surface area contributed by atoms with E-state index in [1.807, 2.05) is 0 Å². The maximum atomic E-state index is 12.2. The van der Waals surface area contributed by atoms with Crippen molar-refractivity contribution in [2.45, 2.75) is 19.4 Å². The molecule has 0 aliphatic carbocycles. The van der Waals surface area contributed by atoms with E-state index in [0.29, 0.717) is 12.6 Å². The zero-order valence-corrected chi connectivity index (χ0v) is 13.0. The molecule has 0 fully saturated rings. The van der Waals surface area contributed by atoms with Crippen LogP contribution >= 0.6 is 11.3 Å². The number of quaternary nitrogens is 1. The minimum absolute atomic E-state index is 0.0223. The molecule has 1 aromatic rings. The van der Waals surface area contributed by atoms with E-state index in [-0.39, 0.29) is 18.4 Å². The van der Waals surface area contributed by atoms with Gasteiger partial charge in [-0.3, -0.25) is 9.59 Å². The molecule has 6 heteroatoms. The molecular formula is C14H22N3O2S+. The van der Waals surface area contributed by atoms with Crippen molar-refractivity contribution >= 4 is 23.2 Å². The summed E-state index contributed by atoms with van der Waals surface area (Å²) in [7, 11) is 3.26. The standard InChI is InChI=1S/C14H21N3O2S/c1-10-11-5-7-20-12(11)4-6-17(10)9-14(19)16(3)8-13(18)15-2/h5,7,10H,4,6,8-9H2,1-3H3,(H,15,18)/p+1/t10-/m0/s1. The zero-order chi connectivity index (χ0) is 14.7. The predicted octanol–water partition coefficient (Wildman–Crippen LogP) is -0.545. The van der Waals surface area contributed by atoms with Crippen molar-refractivity contribution in [1.82, 2.24) is 10.2 Å². The van der Waals surface area contributed by atoms with Gasteiger partial charge in [-0.15, -0.1) is 11.3 Å². The average Bonchev–Trinajstić information content (AvgIpc) is 2.90. The number of nitrogens with one attached hydrogen (secondary N) is 2. The Morgan fingerprint density at radius 1 is 1.55 bits per heavy atom. The first-order valence-electron chi connectivity index (χ1n) is 6.88. The quantitative estimate of drug-likeness (QED) is 0.784. The van der Waals surface area contributed by atoms with Crippen LogP contribution in [0.1, 0.15) is 23.4 Å². The van der Waals surface area contributed by atoms with Crippen molar-refractivity contribution in [3.05, 3.63) is 21.9 Å². The van der Waals surface area contributed by atoms with Crippen molar-refractivity contribution in [3.63, 3.8) is 0 Å². The maximum Gasteiger partial charge on any atom is 0.277 e. The lowest BCUT2D eigenvalue weighted by molar-refractivity contribution is -0.924. The summed E-state index contributed by atoms with van der Waals surface area (Å²) in [6, 6.07) is 2.52. The molecule has 2 heterocycles. The highest BCUT2D eigenvalue weighted by molar-refractivity contribution is 7.10. The molecule has 2 N–H and O–H groups in total. The summed E-state index contributed by atoms with van der Waals surface area (Å²) in [4.78, 5) is 27.7. The number of carbonyl (C=O) groups is 2. The number of amides is 2. The van der Waals surface area contributed by atoms with Gasteiger partial charge < -0.3 is 15.1 Å². The van der Waals surface area contributed by atoms with Crippen LogP contribution in [0.2, 0.25) is 0 Å². The fourth-order valence-electron chi connectivity index (χ4n) is 2.60. The van der Waals surface area contributed by atoms with Crippen molar-refractivity contribution in [1.29, 1.82) is 0 Å². The molecule has 0 bridgehead atoms. The Kier molecular flexibility index (Phi) is 4.77. The summed E-state index contributed by atoms with van der Waals surface area (Å²) in [5, 5.41) is 4.66. The van der Waals surface area contributed by atoms with Gasteiger partial charge in [0.2, 0.25) is 5.91 Å². The molecular weight excluding hydrogens is 274 g/mol. The van der Waals surface area contributed by atoms with Crippen LogP contribution in [0.25, 0.3) is 0 Å². The average molecular weight is 296 g/mol. The predicted molar refractivity (Wildman–Crippen MR) is 78.8 cm³/mol. The Morgan fingerprint density at radius 2 is 2.30 bits per heavy atom. The van der Waals surface area contributed by atoms with E-state index >= 15 is 0 Å². The largest absolute Gasteiger partial charge is 0.358 e. The Hall–Kier alpha value is -1.40. The SMILES string of the molecule is CNC(=O)CN(C)C(=O)C[NH+]1CCc2sccc2[C@@H]1C. The highest BCUT2D eigenvalue weighted by atomic mass is 32.1. The van der Waals surface area contributed by atoms with Gasteiger partial charge >= 0.3 is 0 Å². The number of rotatable bonds is 4. The number of hydrogen-bond donors (Lipinski definition) is 2. The normalized spacial score (nSPS) is 21.1. The lowest BCUT2D eigenvalue weighted by Crippen LogP contribution is -3.14. The van der Waals surface area contributed by atoms with Crippen molar-refractivity contribution < 1.29 is 14.5 Å².